The van der Waals surface area contributed by atoms with Gasteiger partial charge in [0.2, 0.25) is 0 Å². The van der Waals surface area contributed by atoms with Crippen molar-refractivity contribution in [2.75, 3.05) is 0 Å². The quantitative estimate of drug-likeness (QED) is 0.172. The molecule has 0 N–H and O–H groups in total. The molecule has 278 valence electrons. The van der Waals surface area contributed by atoms with E-state index in [2.05, 4.69) is 217 Å². The molecule has 0 bridgehead atoms. The summed E-state index contributed by atoms with van der Waals surface area (Å²) in [5.74, 6) is 0. The molecule has 12 rings (SSSR count). The topological polar surface area (TPSA) is 22.8 Å². The third-order valence-corrected chi connectivity index (χ3v) is 12.7. The number of fused-ring (bicyclic) bond motifs is 9. The maximum absolute atomic E-state index is 4.98. The number of hydrogen-bond donors (Lipinski definition) is 0. The fourth-order valence-corrected chi connectivity index (χ4v) is 9.88. The second kappa shape index (κ2) is 12.8. The van der Waals surface area contributed by atoms with E-state index in [1.807, 2.05) is 6.20 Å². The minimum absolute atomic E-state index is 0.0854. The number of para-hydroxylation sites is 1. The molecular formula is C56H39N3. The van der Waals surface area contributed by atoms with E-state index in [4.69, 9.17) is 4.98 Å². The summed E-state index contributed by atoms with van der Waals surface area (Å²) in [7, 11) is 0. The van der Waals surface area contributed by atoms with Gasteiger partial charge in [-0.05, 0) is 128 Å². The fraction of sp³-hybridized carbons (Fsp3) is 0.0536. The molecule has 11 aromatic rings. The summed E-state index contributed by atoms with van der Waals surface area (Å²) in [6.07, 6.45) is 1.91. The molecule has 0 unspecified atom stereocenters. The molecule has 0 amide bonds. The molecule has 0 aliphatic heterocycles. The molecule has 0 fully saturated rings. The summed E-state index contributed by atoms with van der Waals surface area (Å²) in [5.41, 5.74) is 19.2. The average molecular weight is 754 g/mol. The van der Waals surface area contributed by atoms with Gasteiger partial charge in [0, 0.05) is 44.5 Å². The maximum Gasteiger partial charge on any atom is 0.145 e. The SMILES string of the molecule is CC1(C)c2ccccc2-c2ccc(-n3c4ccc(-c5ccc6c(c5)c5ccccc5n6-c5cc(-c6ccccc6)cc(-c6ccccc6)c5)cc4c4cccnc43)cc21. The highest BCUT2D eigenvalue weighted by molar-refractivity contribution is 6.12. The van der Waals surface area contributed by atoms with Gasteiger partial charge in [-0.3, -0.25) is 4.57 Å². The van der Waals surface area contributed by atoms with E-state index in [0.717, 1.165) is 27.9 Å². The van der Waals surface area contributed by atoms with Gasteiger partial charge in [-0.25, -0.2) is 4.98 Å². The molecule has 59 heavy (non-hydrogen) atoms. The summed E-state index contributed by atoms with van der Waals surface area (Å²) >= 11 is 0. The largest absolute Gasteiger partial charge is 0.309 e. The van der Waals surface area contributed by atoms with Crippen molar-refractivity contribution in [3.63, 3.8) is 0 Å². The van der Waals surface area contributed by atoms with Gasteiger partial charge in [0.25, 0.3) is 0 Å². The van der Waals surface area contributed by atoms with Crippen LogP contribution in [0.4, 0.5) is 0 Å². The van der Waals surface area contributed by atoms with Crippen LogP contribution in [0.3, 0.4) is 0 Å². The Labute approximate surface area is 343 Å². The summed E-state index contributed by atoms with van der Waals surface area (Å²) < 4.78 is 4.78. The van der Waals surface area contributed by atoms with E-state index < -0.39 is 0 Å². The third-order valence-electron chi connectivity index (χ3n) is 12.7. The summed E-state index contributed by atoms with van der Waals surface area (Å²) in [6, 6.07) is 71.2. The van der Waals surface area contributed by atoms with E-state index in [-0.39, 0.29) is 5.41 Å². The fourth-order valence-electron chi connectivity index (χ4n) is 9.88. The summed E-state index contributed by atoms with van der Waals surface area (Å²) in [5, 5.41) is 4.81. The molecule has 0 spiro atoms. The van der Waals surface area contributed by atoms with Gasteiger partial charge in [-0.1, -0.05) is 135 Å². The predicted octanol–water partition coefficient (Wildman–Crippen LogP) is 14.6. The van der Waals surface area contributed by atoms with Gasteiger partial charge >= 0.3 is 0 Å². The first kappa shape index (κ1) is 33.6. The zero-order valence-electron chi connectivity index (χ0n) is 32.9. The zero-order valence-corrected chi connectivity index (χ0v) is 32.9. The van der Waals surface area contributed by atoms with E-state index in [1.165, 1.54) is 82.8 Å². The van der Waals surface area contributed by atoms with Gasteiger partial charge in [0.05, 0.1) is 16.6 Å². The predicted molar refractivity (Wildman–Crippen MR) is 247 cm³/mol. The number of aromatic nitrogens is 3. The lowest BCUT2D eigenvalue weighted by molar-refractivity contribution is 0.660. The van der Waals surface area contributed by atoms with Crippen LogP contribution >= 0.6 is 0 Å². The number of nitrogens with zero attached hydrogens (tertiary/aromatic N) is 3. The molecule has 0 saturated carbocycles. The number of pyridine rings is 1. The lowest BCUT2D eigenvalue weighted by atomic mass is 9.82. The second-order valence-electron chi connectivity index (χ2n) is 16.4. The molecule has 0 saturated heterocycles. The van der Waals surface area contributed by atoms with Gasteiger partial charge < -0.3 is 4.57 Å². The lowest BCUT2D eigenvalue weighted by Crippen LogP contribution is -2.15. The lowest BCUT2D eigenvalue weighted by Gasteiger charge is -2.22. The Morgan fingerprint density at radius 2 is 0.932 bits per heavy atom. The van der Waals surface area contributed by atoms with E-state index in [0.29, 0.717) is 0 Å². The monoisotopic (exact) mass is 753 g/mol. The third kappa shape index (κ3) is 5.11. The molecule has 3 aromatic heterocycles. The summed E-state index contributed by atoms with van der Waals surface area (Å²) in [4.78, 5) is 4.98. The molecular weight excluding hydrogens is 715 g/mol. The smallest absolute Gasteiger partial charge is 0.145 e. The molecule has 8 aromatic carbocycles. The van der Waals surface area contributed by atoms with Crippen molar-refractivity contribution in [1.82, 2.24) is 14.1 Å². The average Bonchev–Trinajstić information content (AvgIpc) is 3.89. The van der Waals surface area contributed by atoms with Crippen molar-refractivity contribution < 1.29 is 0 Å². The van der Waals surface area contributed by atoms with Crippen LogP contribution in [0, 0.1) is 0 Å². The first-order valence-electron chi connectivity index (χ1n) is 20.5. The highest BCUT2D eigenvalue weighted by Crippen LogP contribution is 2.49. The minimum Gasteiger partial charge on any atom is -0.309 e. The zero-order chi connectivity index (χ0) is 39.2. The Hall–Kier alpha value is -7.49. The van der Waals surface area contributed by atoms with Gasteiger partial charge in [-0.15, -0.1) is 0 Å². The van der Waals surface area contributed by atoms with Crippen molar-refractivity contribution in [3.8, 4) is 55.9 Å². The van der Waals surface area contributed by atoms with E-state index in [1.54, 1.807) is 0 Å². The number of rotatable bonds is 5. The van der Waals surface area contributed by atoms with Crippen LogP contribution in [-0.2, 0) is 5.41 Å². The molecule has 1 aliphatic rings. The standard InChI is InChI=1S/C56H39N3/c1-56(2)50-21-11-9-18-44(50)45-26-25-42(35-51(45)56)59-54-28-24-39(34-49(54)47-20-13-29-57-55(47)59)38-23-27-53-48(33-38)46-19-10-12-22-52(46)58(53)43-31-40(36-14-5-3-6-15-36)30-41(32-43)37-16-7-4-8-17-37/h3-35H,1-2H3. The van der Waals surface area contributed by atoms with Crippen molar-refractivity contribution in [2.45, 2.75) is 19.3 Å². The van der Waals surface area contributed by atoms with Crippen molar-refractivity contribution in [1.29, 1.82) is 0 Å². The first-order valence-corrected chi connectivity index (χ1v) is 20.5. The number of benzene rings is 8. The van der Waals surface area contributed by atoms with Crippen molar-refractivity contribution >= 4 is 43.7 Å². The molecule has 3 heterocycles. The first-order chi connectivity index (χ1) is 29.0. The molecule has 0 atom stereocenters. The maximum atomic E-state index is 4.98. The molecule has 0 radical (unpaired) electrons. The van der Waals surface area contributed by atoms with Crippen LogP contribution in [0.25, 0.3) is 99.6 Å². The van der Waals surface area contributed by atoms with Crippen molar-refractivity contribution in [3.05, 3.63) is 211 Å². The van der Waals surface area contributed by atoms with Crippen LogP contribution in [-0.4, -0.2) is 14.1 Å². The van der Waals surface area contributed by atoms with Crippen LogP contribution in [0.2, 0.25) is 0 Å². The van der Waals surface area contributed by atoms with Gasteiger partial charge in [-0.2, -0.15) is 0 Å². The Kier molecular flexibility index (Phi) is 7.27. The van der Waals surface area contributed by atoms with E-state index >= 15 is 0 Å². The van der Waals surface area contributed by atoms with Gasteiger partial charge in [0.15, 0.2) is 0 Å². The van der Waals surface area contributed by atoms with Gasteiger partial charge in [0.1, 0.15) is 5.65 Å². The normalized spacial score (nSPS) is 13.1. The minimum atomic E-state index is -0.0854. The van der Waals surface area contributed by atoms with Crippen molar-refractivity contribution in [2.24, 2.45) is 0 Å². The van der Waals surface area contributed by atoms with E-state index in [9.17, 15) is 0 Å². The highest BCUT2D eigenvalue weighted by atomic mass is 15.0. The molecule has 1 aliphatic carbocycles. The Balaban J connectivity index is 1.01. The van der Waals surface area contributed by atoms with Crippen LogP contribution in [0.1, 0.15) is 25.0 Å². The summed E-state index contributed by atoms with van der Waals surface area (Å²) in [6.45, 7) is 4.69. The molecule has 3 heteroatoms. The Bertz CT molecular complexity index is 3400. The second-order valence-corrected chi connectivity index (χ2v) is 16.4. The highest BCUT2D eigenvalue weighted by Gasteiger charge is 2.35. The Morgan fingerprint density at radius 1 is 0.356 bits per heavy atom. The number of hydrogen-bond acceptors (Lipinski definition) is 1. The van der Waals surface area contributed by atoms with Crippen LogP contribution in [0.15, 0.2) is 200 Å². The van der Waals surface area contributed by atoms with Crippen LogP contribution in [0.5, 0.6) is 0 Å². The Morgan fingerprint density at radius 3 is 1.66 bits per heavy atom. The van der Waals surface area contributed by atoms with Crippen LogP contribution < -0.4 is 0 Å². The molecule has 3 nitrogen and oxygen atoms in total.